The second kappa shape index (κ2) is 6.46. The lowest BCUT2D eigenvalue weighted by molar-refractivity contribution is -0.141. The molecule has 0 aliphatic carbocycles. The van der Waals surface area contributed by atoms with Crippen molar-refractivity contribution in [1.82, 2.24) is 0 Å². The molecule has 0 spiro atoms. The number of Topliss-reactive ketones (excluding diaryl/α,β-unsaturated/α-hetero) is 1. The van der Waals surface area contributed by atoms with E-state index < -0.39 is 0 Å². The zero-order valence-electron chi connectivity index (χ0n) is 10.1. The van der Waals surface area contributed by atoms with Gasteiger partial charge in [-0.3, -0.25) is 4.79 Å². The number of hydrogen-bond acceptors (Lipinski definition) is 3. The van der Waals surface area contributed by atoms with Gasteiger partial charge in [-0.25, -0.2) is 0 Å². The molecule has 1 heterocycles. The highest BCUT2D eigenvalue weighted by molar-refractivity contribution is 5.75. The number of cyclic esters (lactones) is 1. The number of ketones is 1. The van der Waals surface area contributed by atoms with Crippen LogP contribution in [-0.4, -0.2) is 17.9 Å². The molecule has 0 bridgehead atoms. The predicted octanol–water partition coefficient (Wildman–Crippen LogP) is 2.64. The van der Waals surface area contributed by atoms with Gasteiger partial charge in [-0.2, -0.15) is 0 Å². The molecule has 1 rings (SSSR count). The molecule has 1 aliphatic heterocycles. The van der Waals surface area contributed by atoms with Gasteiger partial charge < -0.3 is 9.53 Å². The Kier molecular flexibility index (Phi) is 5.23. The van der Waals surface area contributed by atoms with E-state index in [1.54, 1.807) is 6.92 Å². The maximum absolute atomic E-state index is 11.0. The second-order valence-corrected chi connectivity index (χ2v) is 4.51. The first-order valence-electron chi connectivity index (χ1n) is 5.93. The van der Waals surface area contributed by atoms with Crippen LogP contribution in [0, 0.1) is 5.92 Å². The van der Waals surface area contributed by atoms with Gasteiger partial charge in [0.05, 0.1) is 6.42 Å². The van der Waals surface area contributed by atoms with Crippen LogP contribution < -0.4 is 0 Å². The Labute approximate surface area is 96.9 Å². The average molecular weight is 224 g/mol. The monoisotopic (exact) mass is 224 g/mol. The van der Waals surface area contributed by atoms with Crippen molar-refractivity contribution in [1.29, 1.82) is 0 Å². The highest BCUT2D eigenvalue weighted by Gasteiger charge is 2.29. The highest BCUT2D eigenvalue weighted by Crippen LogP contribution is 2.24. The van der Waals surface area contributed by atoms with Crippen LogP contribution in [-0.2, 0) is 14.3 Å². The van der Waals surface area contributed by atoms with E-state index >= 15 is 0 Å². The van der Waals surface area contributed by atoms with Crippen LogP contribution in [0.4, 0.5) is 0 Å². The van der Waals surface area contributed by atoms with Gasteiger partial charge in [-0.1, -0.05) is 19.1 Å². The van der Waals surface area contributed by atoms with Gasteiger partial charge in [0, 0.05) is 18.8 Å². The first-order chi connectivity index (χ1) is 7.59. The molecule has 0 saturated carbocycles. The molecule has 16 heavy (non-hydrogen) atoms. The third-order valence-electron chi connectivity index (χ3n) is 2.84. The molecular formula is C13H20O3. The van der Waals surface area contributed by atoms with E-state index in [1.165, 1.54) is 0 Å². The van der Waals surface area contributed by atoms with Gasteiger partial charge in [-0.15, -0.1) is 0 Å². The van der Waals surface area contributed by atoms with Crippen molar-refractivity contribution in [2.45, 2.75) is 52.1 Å². The normalized spacial score (nSPS) is 25.0. The lowest BCUT2D eigenvalue weighted by Crippen LogP contribution is -2.11. The van der Waals surface area contributed by atoms with E-state index in [2.05, 4.69) is 12.2 Å². The minimum Gasteiger partial charge on any atom is -0.462 e. The van der Waals surface area contributed by atoms with E-state index in [4.69, 9.17) is 4.74 Å². The zero-order valence-corrected chi connectivity index (χ0v) is 10.1. The van der Waals surface area contributed by atoms with Gasteiger partial charge >= 0.3 is 5.97 Å². The quantitative estimate of drug-likeness (QED) is 0.396. The summed E-state index contributed by atoms with van der Waals surface area (Å²) >= 11 is 0. The van der Waals surface area contributed by atoms with E-state index in [1.807, 2.05) is 6.92 Å². The largest absolute Gasteiger partial charge is 0.462 e. The summed E-state index contributed by atoms with van der Waals surface area (Å²) in [4.78, 5) is 21.7. The number of unbranched alkanes of at least 4 members (excludes halogenated alkanes) is 1. The number of ether oxygens (including phenoxy) is 1. The van der Waals surface area contributed by atoms with Crippen molar-refractivity contribution in [2.75, 3.05) is 0 Å². The van der Waals surface area contributed by atoms with Crippen molar-refractivity contribution < 1.29 is 14.3 Å². The van der Waals surface area contributed by atoms with E-state index in [0.29, 0.717) is 18.8 Å². The van der Waals surface area contributed by atoms with Crippen LogP contribution in [0.15, 0.2) is 12.2 Å². The van der Waals surface area contributed by atoms with E-state index in [-0.39, 0.29) is 17.9 Å². The van der Waals surface area contributed by atoms with E-state index in [0.717, 1.165) is 19.3 Å². The molecule has 2 atom stereocenters. The second-order valence-electron chi connectivity index (χ2n) is 4.51. The van der Waals surface area contributed by atoms with E-state index in [9.17, 15) is 9.59 Å². The van der Waals surface area contributed by atoms with Crippen molar-refractivity contribution in [3.63, 3.8) is 0 Å². The third kappa shape index (κ3) is 4.60. The number of allylic oxidation sites excluding steroid dienone is 1. The molecule has 0 unspecified atom stereocenters. The number of carbonyl (C=O) groups excluding carboxylic acids is 2. The first-order valence-corrected chi connectivity index (χ1v) is 5.93. The Bertz CT molecular complexity index is 281. The minimum atomic E-state index is -0.0810. The Morgan fingerprint density at radius 1 is 1.50 bits per heavy atom. The lowest BCUT2D eigenvalue weighted by Gasteiger charge is -2.10. The Hall–Kier alpha value is -1.12. The molecule has 90 valence electrons. The van der Waals surface area contributed by atoms with Crippen LogP contribution in [0.5, 0.6) is 0 Å². The number of carbonyl (C=O) groups is 2. The van der Waals surface area contributed by atoms with Crippen molar-refractivity contribution >= 4 is 11.8 Å². The maximum Gasteiger partial charge on any atom is 0.306 e. The molecule has 0 aromatic heterocycles. The summed E-state index contributed by atoms with van der Waals surface area (Å²) in [5.74, 6) is 0.489. The van der Waals surface area contributed by atoms with Gasteiger partial charge in [0.25, 0.3) is 0 Å². The zero-order chi connectivity index (χ0) is 12.0. The van der Waals surface area contributed by atoms with Crippen LogP contribution in [0.1, 0.15) is 46.0 Å². The van der Waals surface area contributed by atoms with Crippen molar-refractivity contribution in [2.24, 2.45) is 5.92 Å². The first kappa shape index (κ1) is 12.9. The molecular weight excluding hydrogens is 204 g/mol. The van der Waals surface area contributed by atoms with Gasteiger partial charge in [0.1, 0.15) is 11.9 Å². The number of esters is 1. The molecule has 0 aromatic rings. The van der Waals surface area contributed by atoms with Gasteiger partial charge in [-0.05, 0) is 19.8 Å². The van der Waals surface area contributed by atoms with Crippen LogP contribution in [0.3, 0.4) is 0 Å². The van der Waals surface area contributed by atoms with Crippen LogP contribution in [0.25, 0.3) is 0 Å². The summed E-state index contributed by atoms with van der Waals surface area (Å²) in [5, 5.41) is 0. The van der Waals surface area contributed by atoms with Gasteiger partial charge in [0.15, 0.2) is 0 Å². The summed E-state index contributed by atoms with van der Waals surface area (Å²) in [6, 6.07) is 0. The Morgan fingerprint density at radius 3 is 2.81 bits per heavy atom. The molecule has 0 radical (unpaired) electrons. The van der Waals surface area contributed by atoms with Gasteiger partial charge in [0.2, 0.25) is 0 Å². The predicted molar refractivity (Wildman–Crippen MR) is 62.0 cm³/mol. The maximum atomic E-state index is 11.0. The SMILES string of the molecule is CC(=O)CCC/C=C\C[C@@H]1OC(=O)C[C@H]1C. The third-order valence-corrected chi connectivity index (χ3v) is 2.84. The fourth-order valence-electron chi connectivity index (χ4n) is 1.82. The summed E-state index contributed by atoms with van der Waals surface area (Å²) in [6.45, 7) is 3.66. The molecule has 0 amide bonds. The van der Waals surface area contributed by atoms with Crippen molar-refractivity contribution in [3.8, 4) is 0 Å². The molecule has 3 nitrogen and oxygen atoms in total. The lowest BCUT2D eigenvalue weighted by atomic mass is 10.0. The molecule has 3 heteroatoms. The molecule has 1 saturated heterocycles. The highest BCUT2D eigenvalue weighted by atomic mass is 16.5. The molecule has 0 aromatic carbocycles. The van der Waals surface area contributed by atoms with Crippen LogP contribution in [0.2, 0.25) is 0 Å². The topological polar surface area (TPSA) is 43.4 Å². The Balaban J connectivity index is 2.12. The average Bonchev–Trinajstić information content (AvgIpc) is 2.50. The molecule has 1 fully saturated rings. The number of hydrogen-bond donors (Lipinski definition) is 0. The smallest absolute Gasteiger partial charge is 0.306 e. The summed E-state index contributed by atoms with van der Waals surface area (Å²) in [5.41, 5.74) is 0. The minimum absolute atomic E-state index is 0.0524. The summed E-state index contributed by atoms with van der Waals surface area (Å²) < 4.78 is 5.17. The Morgan fingerprint density at radius 2 is 2.25 bits per heavy atom. The molecule has 1 aliphatic rings. The fourth-order valence-corrected chi connectivity index (χ4v) is 1.82. The molecule has 0 N–H and O–H groups in total. The van der Waals surface area contributed by atoms with Crippen molar-refractivity contribution in [3.05, 3.63) is 12.2 Å². The summed E-state index contributed by atoms with van der Waals surface area (Å²) in [7, 11) is 0. The summed E-state index contributed by atoms with van der Waals surface area (Å²) in [6.07, 6.45) is 8.01. The standard InChI is InChI=1S/C13H20O3/c1-10-9-13(15)16-12(10)8-6-4-3-5-7-11(2)14/h4,6,10,12H,3,5,7-9H2,1-2H3/b6-4-/t10-,12+/m1/s1. The van der Waals surface area contributed by atoms with Crippen LogP contribution >= 0.6 is 0 Å². The number of rotatable bonds is 6. The fraction of sp³-hybridized carbons (Fsp3) is 0.692.